The van der Waals surface area contributed by atoms with Crippen LogP contribution in [-0.4, -0.2) is 31.2 Å². The molecule has 1 saturated heterocycles. The Morgan fingerprint density at radius 2 is 2.32 bits per heavy atom. The lowest BCUT2D eigenvalue weighted by molar-refractivity contribution is -0.384. The van der Waals surface area contributed by atoms with E-state index in [1.54, 1.807) is 6.07 Å². The topological polar surface area (TPSA) is 81.6 Å². The quantitative estimate of drug-likeness (QED) is 0.648. The molecule has 1 aliphatic rings. The zero-order valence-corrected chi connectivity index (χ0v) is 11.0. The predicted molar refractivity (Wildman–Crippen MR) is 73.6 cm³/mol. The maximum absolute atomic E-state index is 11.0. The molecule has 0 spiro atoms. The second-order valence-electron chi connectivity index (χ2n) is 4.71. The van der Waals surface area contributed by atoms with E-state index in [2.05, 4.69) is 4.90 Å². The molecule has 0 aromatic heterocycles. The highest BCUT2D eigenvalue weighted by atomic mass is 16.6. The van der Waals surface area contributed by atoms with E-state index in [-0.39, 0.29) is 10.6 Å². The lowest BCUT2D eigenvalue weighted by Gasteiger charge is -2.19. The van der Waals surface area contributed by atoms with Crippen LogP contribution in [0.5, 0.6) is 5.75 Å². The lowest BCUT2D eigenvalue weighted by atomic mass is 10.1. The molecule has 1 aromatic rings. The van der Waals surface area contributed by atoms with Crippen molar-refractivity contribution in [1.29, 1.82) is 0 Å². The van der Waals surface area contributed by atoms with E-state index in [1.165, 1.54) is 6.07 Å². The predicted octanol–water partition coefficient (Wildman–Crippen LogP) is 1.78. The first-order chi connectivity index (χ1) is 9.13. The van der Waals surface area contributed by atoms with E-state index in [1.807, 2.05) is 13.0 Å². The number of nitrogens with zero attached hydrogens (tertiary/aromatic N) is 2. The second kappa shape index (κ2) is 5.88. The van der Waals surface area contributed by atoms with Crippen LogP contribution < -0.4 is 15.4 Å². The Morgan fingerprint density at radius 1 is 1.53 bits per heavy atom. The van der Waals surface area contributed by atoms with Crippen molar-refractivity contribution in [3.8, 4) is 5.75 Å². The van der Waals surface area contributed by atoms with E-state index in [9.17, 15) is 10.1 Å². The maximum Gasteiger partial charge on any atom is 0.275 e. The first kappa shape index (κ1) is 13.6. The molecule has 2 rings (SSSR count). The second-order valence-corrected chi connectivity index (χ2v) is 4.71. The zero-order valence-electron chi connectivity index (χ0n) is 11.0. The summed E-state index contributed by atoms with van der Waals surface area (Å²) in [6.45, 7) is 4.74. The fourth-order valence-electron chi connectivity index (χ4n) is 2.37. The molecule has 6 nitrogen and oxygen atoms in total. The molecule has 1 atom stereocenters. The van der Waals surface area contributed by atoms with Gasteiger partial charge in [0.05, 0.1) is 17.6 Å². The third-order valence-corrected chi connectivity index (χ3v) is 3.38. The average Bonchev–Trinajstić information content (AvgIpc) is 2.87. The van der Waals surface area contributed by atoms with Crippen molar-refractivity contribution in [2.45, 2.75) is 13.3 Å². The van der Waals surface area contributed by atoms with Gasteiger partial charge in [-0.3, -0.25) is 10.1 Å². The van der Waals surface area contributed by atoms with E-state index < -0.39 is 0 Å². The third kappa shape index (κ3) is 3.14. The standard InChI is InChI=1S/C13H19N3O3/c1-2-19-13-6-11(5-12(7-13)16(17)18)15-4-3-10(8-14)9-15/h5-7,10H,2-4,8-9,14H2,1H3. The van der Waals surface area contributed by atoms with Crippen LogP contribution in [0.1, 0.15) is 13.3 Å². The number of hydrogen-bond acceptors (Lipinski definition) is 5. The lowest BCUT2D eigenvalue weighted by Crippen LogP contribution is -2.22. The summed E-state index contributed by atoms with van der Waals surface area (Å²) in [5, 5.41) is 11.0. The number of ether oxygens (including phenoxy) is 1. The van der Waals surface area contributed by atoms with Gasteiger partial charge in [-0.05, 0) is 25.8 Å². The van der Waals surface area contributed by atoms with Crippen LogP contribution in [0.15, 0.2) is 18.2 Å². The molecule has 0 bridgehead atoms. The molecular formula is C13H19N3O3. The molecule has 1 aromatic carbocycles. The molecule has 6 heteroatoms. The first-order valence-corrected chi connectivity index (χ1v) is 6.51. The number of non-ortho nitro benzene ring substituents is 1. The van der Waals surface area contributed by atoms with E-state index in [0.29, 0.717) is 24.8 Å². The fraction of sp³-hybridized carbons (Fsp3) is 0.538. The largest absolute Gasteiger partial charge is 0.494 e. The highest BCUT2D eigenvalue weighted by Gasteiger charge is 2.23. The van der Waals surface area contributed by atoms with Crippen molar-refractivity contribution in [3.05, 3.63) is 28.3 Å². The number of benzene rings is 1. The number of hydrogen-bond donors (Lipinski definition) is 1. The summed E-state index contributed by atoms with van der Waals surface area (Å²) < 4.78 is 5.39. The van der Waals surface area contributed by atoms with Gasteiger partial charge in [0.15, 0.2) is 0 Å². The van der Waals surface area contributed by atoms with Gasteiger partial charge in [0.2, 0.25) is 0 Å². The molecule has 1 unspecified atom stereocenters. The highest BCUT2D eigenvalue weighted by Crippen LogP contribution is 2.31. The normalized spacial score (nSPS) is 18.6. The molecule has 104 valence electrons. The van der Waals surface area contributed by atoms with Gasteiger partial charge < -0.3 is 15.4 Å². The van der Waals surface area contributed by atoms with Gasteiger partial charge >= 0.3 is 0 Å². The molecule has 0 saturated carbocycles. The Balaban J connectivity index is 2.26. The summed E-state index contributed by atoms with van der Waals surface area (Å²) in [6, 6.07) is 4.92. The number of nitrogens with two attached hydrogens (primary N) is 1. The monoisotopic (exact) mass is 265 g/mol. The smallest absolute Gasteiger partial charge is 0.275 e. The van der Waals surface area contributed by atoms with Gasteiger partial charge in [0, 0.05) is 30.9 Å². The van der Waals surface area contributed by atoms with Crippen molar-refractivity contribution in [1.82, 2.24) is 0 Å². The summed E-state index contributed by atoms with van der Waals surface area (Å²) in [5.74, 6) is 1.01. The summed E-state index contributed by atoms with van der Waals surface area (Å²) in [4.78, 5) is 12.7. The summed E-state index contributed by atoms with van der Waals surface area (Å²) in [6.07, 6.45) is 1.03. The minimum atomic E-state index is -0.386. The van der Waals surface area contributed by atoms with Crippen LogP contribution >= 0.6 is 0 Å². The molecule has 1 heterocycles. The number of rotatable bonds is 5. The summed E-state index contributed by atoms with van der Waals surface area (Å²) in [5.41, 5.74) is 6.58. The van der Waals surface area contributed by atoms with Gasteiger partial charge in [-0.2, -0.15) is 0 Å². The van der Waals surface area contributed by atoms with Crippen molar-refractivity contribution < 1.29 is 9.66 Å². The Kier molecular flexibility index (Phi) is 4.21. The molecule has 2 N–H and O–H groups in total. The van der Waals surface area contributed by atoms with Crippen LogP contribution in [0, 0.1) is 16.0 Å². The van der Waals surface area contributed by atoms with Crippen LogP contribution in [0.4, 0.5) is 11.4 Å². The molecule has 19 heavy (non-hydrogen) atoms. The van der Waals surface area contributed by atoms with Crippen LogP contribution in [0.2, 0.25) is 0 Å². The van der Waals surface area contributed by atoms with E-state index in [0.717, 1.165) is 25.2 Å². The first-order valence-electron chi connectivity index (χ1n) is 6.51. The van der Waals surface area contributed by atoms with Gasteiger partial charge in [-0.25, -0.2) is 0 Å². The zero-order chi connectivity index (χ0) is 13.8. The minimum Gasteiger partial charge on any atom is -0.494 e. The fourth-order valence-corrected chi connectivity index (χ4v) is 2.37. The van der Waals surface area contributed by atoms with Crippen LogP contribution in [-0.2, 0) is 0 Å². The van der Waals surface area contributed by atoms with E-state index in [4.69, 9.17) is 10.5 Å². The summed E-state index contributed by atoms with van der Waals surface area (Å²) >= 11 is 0. The molecule has 0 aliphatic carbocycles. The van der Waals surface area contributed by atoms with Gasteiger partial charge in [0.25, 0.3) is 5.69 Å². The molecular weight excluding hydrogens is 246 g/mol. The highest BCUT2D eigenvalue weighted by molar-refractivity contribution is 5.58. The molecule has 0 amide bonds. The van der Waals surface area contributed by atoms with Gasteiger partial charge in [0.1, 0.15) is 5.75 Å². The van der Waals surface area contributed by atoms with Crippen LogP contribution in [0.25, 0.3) is 0 Å². The Labute approximate surface area is 112 Å². The summed E-state index contributed by atoms with van der Waals surface area (Å²) in [7, 11) is 0. The number of nitro groups is 1. The van der Waals surface area contributed by atoms with Crippen molar-refractivity contribution in [2.75, 3.05) is 31.1 Å². The van der Waals surface area contributed by atoms with Gasteiger partial charge in [-0.1, -0.05) is 0 Å². The van der Waals surface area contributed by atoms with Gasteiger partial charge in [-0.15, -0.1) is 0 Å². The number of nitro benzene ring substituents is 1. The maximum atomic E-state index is 11.0. The number of anilines is 1. The Bertz CT molecular complexity index is 464. The van der Waals surface area contributed by atoms with Crippen LogP contribution in [0.3, 0.4) is 0 Å². The van der Waals surface area contributed by atoms with Crippen molar-refractivity contribution in [3.63, 3.8) is 0 Å². The van der Waals surface area contributed by atoms with Crippen molar-refractivity contribution in [2.24, 2.45) is 11.7 Å². The minimum absolute atomic E-state index is 0.0668. The Hall–Kier alpha value is -1.82. The third-order valence-electron chi connectivity index (χ3n) is 3.38. The molecule has 0 radical (unpaired) electrons. The SMILES string of the molecule is CCOc1cc(N2CCC(CN)C2)cc([N+](=O)[O-])c1. The molecule has 1 fully saturated rings. The Morgan fingerprint density at radius 3 is 2.89 bits per heavy atom. The van der Waals surface area contributed by atoms with Crippen molar-refractivity contribution >= 4 is 11.4 Å². The molecule has 1 aliphatic heterocycles. The van der Waals surface area contributed by atoms with E-state index >= 15 is 0 Å². The average molecular weight is 265 g/mol.